The van der Waals surface area contributed by atoms with Crippen LogP contribution in [0.5, 0.6) is 5.75 Å². The van der Waals surface area contributed by atoms with E-state index in [4.69, 9.17) is 4.74 Å². The van der Waals surface area contributed by atoms with Gasteiger partial charge in [0.15, 0.2) is 0 Å². The van der Waals surface area contributed by atoms with Crippen molar-refractivity contribution < 1.29 is 19.4 Å². The highest BCUT2D eigenvalue weighted by Crippen LogP contribution is 2.39. The Morgan fingerprint density at radius 1 is 1.06 bits per heavy atom. The summed E-state index contributed by atoms with van der Waals surface area (Å²) in [5, 5.41) is 11.1. The van der Waals surface area contributed by atoms with Gasteiger partial charge in [-0.2, -0.15) is 0 Å². The number of pyridine rings is 1. The topological polar surface area (TPSA) is 83.0 Å². The molecule has 7 heteroatoms. The van der Waals surface area contributed by atoms with E-state index in [0.717, 1.165) is 31.5 Å². The molecule has 0 bridgehead atoms. The fourth-order valence-electron chi connectivity index (χ4n) is 3.99. The summed E-state index contributed by atoms with van der Waals surface area (Å²) in [5.74, 6) is -0.742. The maximum atomic E-state index is 13.1. The Morgan fingerprint density at radius 2 is 1.73 bits per heavy atom. The van der Waals surface area contributed by atoms with Crippen LogP contribution in [0.3, 0.4) is 0 Å². The number of Topliss-reactive ketones (excluding diaryl/α,β-unsaturated/α-hetero) is 1. The molecule has 1 amide bonds. The largest absolute Gasteiger partial charge is 0.507 e. The first-order valence-corrected chi connectivity index (χ1v) is 11.7. The highest BCUT2D eigenvalue weighted by atomic mass is 16.5. The normalized spacial score (nSPS) is 17.7. The third-order valence-electron chi connectivity index (χ3n) is 6.01. The molecule has 0 unspecified atom stereocenters. The number of benzene rings is 1. The van der Waals surface area contributed by atoms with Crippen molar-refractivity contribution >= 4 is 17.4 Å². The molecule has 0 aliphatic carbocycles. The number of carbonyl (C=O) groups excluding carboxylic acids is 2. The van der Waals surface area contributed by atoms with Crippen LogP contribution < -0.4 is 4.74 Å². The molecule has 1 aromatic heterocycles. The Hall–Kier alpha value is -3.19. The molecule has 1 aliphatic rings. The quantitative estimate of drug-likeness (QED) is 0.240. The minimum absolute atomic E-state index is 0.102. The Labute approximate surface area is 195 Å². The van der Waals surface area contributed by atoms with Crippen LogP contribution in [-0.2, 0) is 9.59 Å². The minimum Gasteiger partial charge on any atom is -0.507 e. The minimum atomic E-state index is -0.669. The predicted octanol–water partition coefficient (Wildman–Crippen LogP) is 4.02. The van der Waals surface area contributed by atoms with Gasteiger partial charge >= 0.3 is 0 Å². The van der Waals surface area contributed by atoms with Crippen LogP contribution in [0.1, 0.15) is 50.8 Å². The first-order chi connectivity index (χ1) is 16.0. The van der Waals surface area contributed by atoms with Crippen molar-refractivity contribution in [1.29, 1.82) is 0 Å². The molecule has 2 aromatic rings. The fraction of sp³-hybridized carbons (Fsp3) is 0.423. The molecule has 1 N–H and O–H groups in total. The molecule has 2 heterocycles. The number of nitrogens with zero attached hydrogens (tertiary/aromatic N) is 3. The van der Waals surface area contributed by atoms with Crippen molar-refractivity contribution in [2.45, 2.75) is 39.7 Å². The summed E-state index contributed by atoms with van der Waals surface area (Å²) >= 11 is 0. The summed E-state index contributed by atoms with van der Waals surface area (Å²) in [5.41, 5.74) is 1.31. The average molecular weight is 452 g/mol. The van der Waals surface area contributed by atoms with Gasteiger partial charge in [-0.25, -0.2) is 0 Å². The summed E-state index contributed by atoms with van der Waals surface area (Å²) in [6.45, 7) is 9.59. The van der Waals surface area contributed by atoms with Crippen LogP contribution >= 0.6 is 0 Å². The number of likely N-dealkylation sites (N-methyl/N-ethyl adjacent to an activating group) is 1. The van der Waals surface area contributed by atoms with Gasteiger partial charge in [-0.15, -0.1) is 0 Å². The van der Waals surface area contributed by atoms with Crippen LogP contribution in [0.25, 0.3) is 5.76 Å². The standard InChI is InChI=1S/C26H33N3O4/c1-4-7-18-33-21-10-8-20(9-11-21)24(30)22-23(19-12-14-27-15-13-19)29(26(32)25(22)31)17-16-28(5-2)6-3/h8-15,23,30H,4-7,16-18H2,1-3H3/t23-/m0/s1. The predicted molar refractivity (Wildman–Crippen MR) is 128 cm³/mol. The van der Waals surface area contributed by atoms with E-state index in [1.165, 1.54) is 0 Å². The molecule has 1 fully saturated rings. The van der Waals surface area contributed by atoms with Gasteiger partial charge in [-0.05, 0) is 61.5 Å². The number of unbranched alkanes of at least 4 members (excludes halogenated alkanes) is 1. The third-order valence-corrected chi connectivity index (χ3v) is 6.01. The number of hydrogen-bond acceptors (Lipinski definition) is 6. The summed E-state index contributed by atoms with van der Waals surface area (Å²) < 4.78 is 5.69. The molecule has 33 heavy (non-hydrogen) atoms. The number of ketones is 1. The molecule has 176 valence electrons. The van der Waals surface area contributed by atoms with Gasteiger partial charge in [-0.3, -0.25) is 14.6 Å². The van der Waals surface area contributed by atoms with Gasteiger partial charge in [0.25, 0.3) is 11.7 Å². The van der Waals surface area contributed by atoms with Crippen LogP contribution in [0.15, 0.2) is 54.4 Å². The first-order valence-electron chi connectivity index (χ1n) is 11.7. The Balaban J connectivity index is 1.96. The van der Waals surface area contributed by atoms with E-state index in [1.54, 1.807) is 53.7 Å². The zero-order valence-electron chi connectivity index (χ0n) is 19.7. The van der Waals surface area contributed by atoms with Crippen molar-refractivity contribution in [2.24, 2.45) is 0 Å². The molecule has 0 saturated carbocycles. The second-order valence-corrected chi connectivity index (χ2v) is 8.03. The summed E-state index contributed by atoms with van der Waals surface area (Å²) in [7, 11) is 0. The molecule has 7 nitrogen and oxygen atoms in total. The summed E-state index contributed by atoms with van der Waals surface area (Å²) in [4.78, 5) is 33.9. The average Bonchev–Trinajstić information content (AvgIpc) is 3.10. The summed E-state index contributed by atoms with van der Waals surface area (Å²) in [6, 6.07) is 9.85. The third kappa shape index (κ3) is 5.60. The van der Waals surface area contributed by atoms with Crippen LogP contribution in [0.4, 0.5) is 0 Å². The molecule has 0 spiro atoms. The monoisotopic (exact) mass is 451 g/mol. The smallest absolute Gasteiger partial charge is 0.295 e. The highest BCUT2D eigenvalue weighted by molar-refractivity contribution is 6.46. The lowest BCUT2D eigenvalue weighted by atomic mass is 9.96. The van der Waals surface area contributed by atoms with Crippen LogP contribution in [0, 0.1) is 0 Å². The van der Waals surface area contributed by atoms with Crippen LogP contribution in [-0.4, -0.2) is 64.4 Å². The molecule has 1 atom stereocenters. The van der Waals surface area contributed by atoms with Crippen molar-refractivity contribution in [3.63, 3.8) is 0 Å². The summed E-state index contributed by atoms with van der Waals surface area (Å²) in [6.07, 6.45) is 5.26. The zero-order chi connectivity index (χ0) is 23.8. The van der Waals surface area contributed by atoms with Gasteiger partial charge in [0.05, 0.1) is 18.2 Å². The Bertz CT molecular complexity index is 969. The van der Waals surface area contributed by atoms with Gasteiger partial charge < -0.3 is 19.6 Å². The number of aliphatic hydroxyl groups is 1. The van der Waals surface area contributed by atoms with Crippen molar-refractivity contribution in [3.8, 4) is 5.75 Å². The number of aromatic nitrogens is 1. The number of rotatable bonds is 11. The molecule has 1 aromatic carbocycles. The number of ether oxygens (including phenoxy) is 1. The first kappa shape index (κ1) is 24.5. The van der Waals surface area contributed by atoms with Gasteiger partial charge in [0.1, 0.15) is 11.5 Å². The SMILES string of the molecule is CCCCOc1ccc(C(O)=C2C(=O)C(=O)N(CCN(CC)CC)[C@H]2c2ccncc2)cc1. The Kier molecular flexibility index (Phi) is 8.60. The number of amides is 1. The number of hydrogen-bond donors (Lipinski definition) is 1. The van der Waals surface area contributed by atoms with Gasteiger partial charge in [-0.1, -0.05) is 27.2 Å². The van der Waals surface area contributed by atoms with E-state index in [9.17, 15) is 14.7 Å². The van der Waals surface area contributed by atoms with E-state index in [1.807, 2.05) is 0 Å². The van der Waals surface area contributed by atoms with E-state index in [0.29, 0.717) is 31.0 Å². The molecular weight excluding hydrogens is 418 g/mol. The Morgan fingerprint density at radius 3 is 2.33 bits per heavy atom. The van der Waals surface area contributed by atoms with Crippen molar-refractivity contribution in [3.05, 3.63) is 65.5 Å². The van der Waals surface area contributed by atoms with Crippen LogP contribution in [0.2, 0.25) is 0 Å². The lowest BCUT2D eigenvalue weighted by Crippen LogP contribution is -2.38. The number of aliphatic hydroxyl groups excluding tert-OH is 1. The lowest BCUT2D eigenvalue weighted by molar-refractivity contribution is -0.140. The highest BCUT2D eigenvalue weighted by Gasteiger charge is 2.45. The second kappa shape index (κ2) is 11.6. The van der Waals surface area contributed by atoms with E-state index in [2.05, 4.69) is 30.7 Å². The number of carbonyl (C=O) groups is 2. The maximum absolute atomic E-state index is 13.1. The lowest BCUT2D eigenvalue weighted by Gasteiger charge is -2.28. The fourth-order valence-corrected chi connectivity index (χ4v) is 3.99. The molecular formula is C26H33N3O4. The maximum Gasteiger partial charge on any atom is 0.295 e. The number of likely N-dealkylation sites (tertiary alicyclic amines) is 1. The van der Waals surface area contributed by atoms with E-state index in [-0.39, 0.29) is 11.3 Å². The van der Waals surface area contributed by atoms with E-state index >= 15 is 0 Å². The van der Waals surface area contributed by atoms with Gasteiger partial charge in [0.2, 0.25) is 0 Å². The van der Waals surface area contributed by atoms with Crippen molar-refractivity contribution in [1.82, 2.24) is 14.8 Å². The van der Waals surface area contributed by atoms with E-state index < -0.39 is 17.7 Å². The molecule has 1 saturated heterocycles. The zero-order valence-corrected chi connectivity index (χ0v) is 19.7. The molecule has 1 aliphatic heterocycles. The molecule has 3 rings (SSSR count). The second-order valence-electron chi connectivity index (χ2n) is 8.03. The van der Waals surface area contributed by atoms with Crippen molar-refractivity contribution in [2.75, 3.05) is 32.8 Å². The van der Waals surface area contributed by atoms with Gasteiger partial charge in [0, 0.05) is 31.0 Å². The molecule has 0 radical (unpaired) electrons.